The van der Waals surface area contributed by atoms with Crippen LogP contribution in [0, 0.1) is 5.92 Å². The number of carbonyl (C=O) groups is 1. The number of aliphatic hydroxyl groups excluding tert-OH is 1. The number of rotatable bonds is 8. The van der Waals surface area contributed by atoms with Gasteiger partial charge in [-0.05, 0) is 43.2 Å². The lowest BCUT2D eigenvalue weighted by Gasteiger charge is -2.32. The van der Waals surface area contributed by atoms with Crippen molar-refractivity contribution in [3.8, 4) is 5.75 Å². The lowest BCUT2D eigenvalue weighted by Crippen LogP contribution is -2.54. The summed E-state index contributed by atoms with van der Waals surface area (Å²) < 4.78 is 5.34. The van der Waals surface area contributed by atoms with Crippen LogP contribution in [0.2, 0.25) is 0 Å². The van der Waals surface area contributed by atoms with E-state index in [4.69, 9.17) is 4.74 Å². The quantitative estimate of drug-likeness (QED) is 0.530. The van der Waals surface area contributed by atoms with Crippen LogP contribution in [0.1, 0.15) is 26.3 Å². The van der Waals surface area contributed by atoms with E-state index in [0.29, 0.717) is 19.0 Å². The van der Waals surface area contributed by atoms with E-state index in [9.17, 15) is 9.90 Å². The van der Waals surface area contributed by atoms with Crippen molar-refractivity contribution >= 4 is 22.8 Å². The van der Waals surface area contributed by atoms with Gasteiger partial charge in [0.25, 0.3) is 0 Å². The Labute approximate surface area is 177 Å². The number of nitrogens with zero attached hydrogens (tertiary/aromatic N) is 2. The van der Waals surface area contributed by atoms with E-state index >= 15 is 0 Å². The first-order chi connectivity index (χ1) is 14.4. The molecule has 2 aromatic rings. The average Bonchev–Trinajstić information content (AvgIpc) is 3.14. The molecule has 30 heavy (non-hydrogen) atoms. The monoisotopic (exact) mass is 413 g/mol. The normalized spacial score (nSPS) is 15.9. The zero-order valence-corrected chi connectivity index (χ0v) is 18.0. The summed E-state index contributed by atoms with van der Waals surface area (Å²) in [5, 5.41) is 18.0. The molecule has 1 aliphatic heterocycles. The Balaban J connectivity index is 1.57. The number of methoxy groups -OCH3 is 1. The summed E-state index contributed by atoms with van der Waals surface area (Å²) in [5.74, 6) is 0.914. The molecule has 2 atom stereocenters. The number of aliphatic imine (C=N–C) groups is 1. The van der Waals surface area contributed by atoms with Crippen molar-refractivity contribution in [3.05, 3.63) is 42.2 Å². The Morgan fingerprint density at radius 2 is 2.17 bits per heavy atom. The number of nitrogens with one attached hydrogen (secondary N) is 3. The molecule has 1 aromatic carbocycles. The maximum Gasteiger partial charge on any atom is 0.229 e. The number of H-pyrrole nitrogens is 1. The molecule has 1 aromatic heterocycles. The minimum absolute atomic E-state index is 0.127. The highest BCUT2D eigenvalue weighted by Crippen LogP contribution is 2.24. The molecule has 0 radical (unpaired) electrons. The molecule has 162 valence electrons. The van der Waals surface area contributed by atoms with Gasteiger partial charge in [-0.15, -0.1) is 0 Å². The van der Waals surface area contributed by atoms with Gasteiger partial charge in [-0.3, -0.25) is 10.1 Å². The van der Waals surface area contributed by atoms with Gasteiger partial charge in [0.15, 0.2) is 0 Å². The molecule has 8 nitrogen and oxygen atoms in total. The second kappa shape index (κ2) is 9.77. The molecule has 0 aliphatic carbocycles. The van der Waals surface area contributed by atoms with Crippen molar-refractivity contribution in [2.45, 2.75) is 39.5 Å². The van der Waals surface area contributed by atoms with Gasteiger partial charge < -0.3 is 25.0 Å². The lowest BCUT2D eigenvalue weighted by molar-refractivity contribution is -0.122. The smallest absolute Gasteiger partial charge is 0.229 e. The van der Waals surface area contributed by atoms with Gasteiger partial charge in [-0.1, -0.05) is 13.8 Å². The van der Waals surface area contributed by atoms with Crippen LogP contribution in [0.4, 0.5) is 0 Å². The van der Waals surface area contributed by atoms with E-state index in [1.165, 1.54) is 5.56 Å². The molecule has 2 heterocycles. The standard InChI is InChI=1S/C22H31N5O3/c1-14(2)21(29)26-22-23-8-5-9-27(22)20(28)13-24-15(3)10-16-12-25-19-7-6-17(30-4)11-18(16)19/h5-8,11-12,14-15,20,24-25,28H,9-10,13H2,1-4H3,(H,23,26,29)/t15-,20-/m1/s1. The fourth-order valence-electron chi connectivity index (χ4n) is 3.34. The van der Waals surface area contributed by atoms with Crippen LogP contribution in [-0.4, -0.2) is 59.3 Å². The molecule has 0 saturated carbocycles. The number of hydrogen-bond donors (Lipinski definition) is 4. The van der Waals surface area contributed by atoms with E-state index < -0.39 is 6.23 Å². The van der Waals surface area contributed by atoms with Crippen molar-refractivity contribution in [1.82, 2.24) is 20.5 Å². The Kier molecular flexibility index (Phi) is 7.12. The molecule has 0 unspecified atom stereocenters. The van der Waals surface area contributed by atoms with Crippen LogP contribution < -0.4 is 15.4 Å². The van der Waals surface area contributed by atoms with E-state index in [2.05, 4.69) is 27.5 Å². The van der Waals surface area contributed by atoms with Gasteiger partial charge in [0.2, 0.25) is 11.9 Å². The number of hydrogen-bond acceptors (Lipinski definition) is 6. The van der Waals surface area contributed by atoms with Crippen LogP contribution in [0.3, 0.4) is 0 Å². The maximum atomic E-state index is 12.0. The van der Waals surface area contributed by atoms with Crippen molar-refractivity contribution in [3.63, 3.8) is 0 Å². The fourth-order valence-corrected chi connectivity index (χ4v) is 3.34. The number of carbonyl (C=O) groups excluding carboxylic acids is 1. The molecule has 3 rings (SSSR count). The topological polar surface area (TPSA) is 102 Å². The lowest BCUT2D eigenvalue weighted by atomic mass is 10.1. The number of fused-ring (bicyclic) bond motifs is 1. The molecule has 0 saturated heterocycles. The molecule has 1 amide bonds. The van der Waals surface area contributed by atoms with Crippen molar-refractivity contribution < 1.29 is 14.6 Å². The van der Waals surface area contributed by atoms with Crippen molar-refractivity contribution in [2.75, 3.05) is 20.2 Å². The highest BCUT2D eigenvalue weighted by molar-refractivity contribution is 5.98. The number of aromatic amines is 1. The number of amides is 1. The fraction of sp³-hybridized carbons (Fsp3) is 0.455. The summed E-state index contributed by atoms with van der Waals surface area (Å²) in [5.41, 5.74) is 2.26. The molecule has 8 heteroatoms. The number of benzene rings is 1. The Bertz CT molecular complexity index is 934. The summed E-state index contributed by atoms with van der Waals surface area (Å²) in [6, 6.07) is 6.11. The molecular weight excluding hydrogens is 382 g/mol. The minimum Gasteiger partial charge on any atom is -0.497 e. The molecule has 0 fully saturated rings. The minimum atomic E-state index is -0.813. The van der Waals surface area contributed by atoms with E-state index in [-0.39, 0.29) is 17.9 Å². The van der Waals surface area contributed by atoms with Crippen LogP contribution in [-0.2, 0) is 11.2 Å². The maximum absolute atomic E-state index is 12.0. The molecule has 1 aliphatic rings. The van der Waals surface area contributed by atoms with Crippen LogP contribution in [0.5, 0.6) is 5.75 Å². The molecule has 0 spiro atoms. The van der Waals surface area contributed by atoms with Gasteiger partial charge >= 0.3 is 0 Å². The Morgan fingerprint density at radius 3 is 2.90 bits per heavy atom. The average molecular weight is 414 g/mol. The van der Waals surface area contributed by atoms with Crippen molar-refractivity contribution in [2.24, 2.45) is 10.9 Å². The first kappa shape index (κ1) is 21.9. The predicted molar refractivity (Wildman–Crippen MR) is 118 cm³/mol. The van der Waals surface area contributed by atoms with Crippen LogP contribution in [0.15, 0.2) is 41.7 Å². The zero-order chi connectivity index (χ0) is 21.7. The first-order valence-corrected chi connectivity index (χ1v) is 10.2. The van der Waals surface area contributed by atoms with Gasteiger partial charge in [-0.25, -0.2) is 4.99 Å². The summed E-state index contributed by atoms with van der Waals surface area (Å²) in [6.07, 6.45) is 5.48. The number of aromatic nitrogens is 1. The summed E-state index contributed by atoms with van der Waals surface area (Å²) >= 11 is 0. The highest BCUT2D eigenvalue weighted by Gasteiger charge is 2.23. The summed E-state index contributed by atoms with van der Waals surface area (Å²) in [4.78, 5) is 21.2. The second-order valence-electron chi connectivity index (χ2n) is 7.85. The SMILES string of the molecule is COc1ccc2[nH]cc(C[C@@H](C)NC[C@@H](O)N3CC=CN=C3NC(=O)C(C)C)c2c1. The van der Waals surface area contributed by atoms with Gasteiger partial charge in [-0.2, -0.15) is 0 Å². The van der Waals surface area contributed by atoms with E-state index in [1.54, 1.807) is 18.2 Å². The molecular formula is C22H31N5O3. The number of guanidine groups is 1. The third-order valence-electron chi connectivity index (χ3n) is 5.15. The third kappa shape index (κ3) is 5.20. The second-order valence-corrected chi connectivity index (χ2v) is 7.85. The zero-order valence-electron chi connectivity index (χ0n) is 18.0. The number of ether oxygens (including phenoxy) is 1. The molecule has 0 bridgehead atoms. The third-order valence-corrected chi connectivity index (χ3v) is 5.15. The highest BCUT2D eigenvalue weighted by atomic mass is 16.5. The number of aliphatic hydroxyl groups is 1. The van der Waals surface area contributed by atoms with E-state index in [1.807, 2.05) is 44.3 Å². The Morgan fingerprint density at radius 1 is 1.37 bits per heavy atom. The predicted octanol–water partition coefficient (Wildman–Crippen LogP) is 1.97. The van der Waals surface area contributed by atoms with Crippen LogP contribution in [0.25, 0.3) is 10.9 Å². The van der Waals surface area contributed by atoms with Crippen molar-refractivity contribution in [1.29, 1.82) is 0 Å². The summed E-state index contributed by atoms with van der Waals surface area (Å²) in [7, 11) is 1.66. The first-order valence-electron chi connectivity index (χ1n) is 10.2. The van der Waals surface area contributed by atoms with Gasteiger partial charge in [0.05, 0.1) is 7.11 Å². The van der Waals surface area contributed by atoms with Gasteiger partial charge in [0, 0.05) is 48.3 Å². The Hall–Kier alpha value is -2.84. The molecule has 4 N–H and O–H groups in total. The largest absolute Gasteiger partial charge is 0.497 e. The van der Waals surface area contributed by atoms with Crippen LogP contribution >= 0.6 is 0 Å². The van der Waals surface area contributed by atoms with E-state index in [0.717, 1.165) is 23.1 Å². The van der Waals surface area contributed by atoms with Gasteiger partial charge in [0.1, 0.15) is 12.0 Å². The summed E-state index contributed by atoms with van der Waals surface area (Å²) in [6.45, 7) is 6.54.